The van der Waals surface area contributed by atoms with Gasteiger partial charge in [-0.2, -0.15) is 5.10 Å². The number of hydrogen-bond acceptors (Lipinski definition) is 2. The summed E-state index contributed by atoms with van der Waals surface area (Å²) in [5.41, 5.74) is 1.68. The highest BCUT2D eigenvalue weighted by atomic mass is 16.3. The van der Waals surface area contributed by atoms with Crippen molar-refractivity contribution >= 4 is 10.8 Å². The van der Waals surface area contributed by atoms with Gasteiger partial charge >= 0.3 is 0 Å². The van der Waals surface area contributed by atoms with Crippen molar-refractivity contribution in [2.45, 2.75) is 6.10 Å². The molecule has 3 aromatic rings. The highest BCUT2D eigenvalue weighted by molar-refractivity contribution is 5.83. The molecule has 0 saturated carbocycles. The summed E-state index contributed by atoms with van der Waals surface area (Å²) in [7, 11) is 1.83. The summed E-state index contributed by atoms with van der Waals surface area (Å²) in [4.78, 5) is 0. The molecule has 1 heterocycles. The van der Waals surface area contributed by atoms with Gasteiger partial charge in [-0.1, -0.05) is 36.4 Å². The molecule has 0 aliphatic rings. The van der Waals surface area contributed by atoms with Gasteiger partial charge in [-0.25, -0.2) is 0 Å². The quantitative estimate of drug-likeness (QED) is 0.745. The molecule has 0 saturated heterocycles. The standard InChI is InChI=1S/C15H14N2O/c1-17-14(8-9-16-17)15(18)13-7-6-11-4-2-3-5-12(11)10-13/h2-10,15,18H,1H3. The summed E-state index contributed by atoms with van der Waals surface area (Å²) < 4.78 is 1.69. The summed E-state index contributed by atoms with van der Waals surface area (Å²) in [6, 6.07) is 16.0. The van der Waals surface area contributed by atoms with Gasteiger partial charge in [0.2, 0.25) is 0 Å². The first kappa shape index (κ1) is 11.0. The number of fused-ring (bicyclic) bond motifs is 1. The molecule has 0 radical (unpaired) electrons. The zero-order chi connectivity index (χ0) is 12.5. The summed E-state index contributed by atoms with van der Waals surface area (Å²) >= 11 is 0. The third kappa shape index (κ3) is 1.79. The average molecular weight is 238 g/mol. The van der Waals surface area contributed by atoms with E-state index in [0.717, 1.165) is 16.6 Å². The van der Waals surface area contributed by atoms with Crippen LogP contribution < -0.4 is 0 Å². The number of aromatic nitrogens is 2. The molecule has 3 nitrogen and oxygen atoms in total. The fraction of sp³-hybridized carbons (Fsp3) is 0.133. The molecule has 1 atom stereocenters. The van der Waals surface area contributed by atoms with Crippen LogP contribution in [0.5, 0.6) is 0 Å². The van der Waals surface area contributed by atoms with Gasteiger partial charge in [-0.15, -0.1) is 0 Å². The molecule has 3 heteroatoms. The van der Waals surface area contributed by atoms with Crippen molar-refractivity contribution < 1.29 is 5.11 Å². The van der Waals surface area contributed by atoms with Crippen LogP contribution in [0.4, 0.5) is 0 Å². The first-order valence-corrected chi connectivity index (χ1v) is 5.90. The Bertz CT molecular complexity index is 688. The smallest absolute Gasteiger partial charge is 0.121 e. The minimum atomic E-state index is -0.637. The highest BCUT2D eigenvalue weighted by Gasteiger charge is 2.13. The number of aliphatic hydroxyl groups is 1. The Kier molecular flexibility index (Phi) is 2.61. The van der Waals surface area contributed by atoms with E-state index in [1.807, 2.05) is 43.4 Å². The third-order valence-corrected chi connectivity index (χ3v) is 3.23. The van der Waals surface area contributed by atoms with E-state index < -0.39 is 6.10 Å². The minimum Gasteiger partial charge on any atom is -0.382 e. The van der Waals surface area contributed by atoms with Gasteiger partial charge in [0.25, 0.3) is 0 Å². The Morgan fingerprint density at radius 2 is 1.83 bits per heavy atom. The Labute approximate surface area is 105 Å². The van der Waals surface area contributed by atoms with E-state index in [1.165, 1.54) is 5.39 Å². The van der Waals surface area contributed by atoms with Gasteiger partial charge < -0.3 is 5.11 Å². The molecular weight excluding hydrogens is 224 g/mol. The fourth-order valence-corrected chi connectivity index (χ4v) is 2.20. The molecule has 18 heavy (non-hydrogen) atoms. The Hall–Kier alpha value is -2.13. The maximum Gasteiger partial charge on any atom is 0.121 e. The number of aryl methyl sites for hydroxylation is 1. The van der Waals surface area contributed by atoms with Crippen LogP contribution in [0.2, 0.25) is 0 Å². The zero-order valence-electron chi connectivity index (χ0n) is 10.1. The van der Waals surface area contributed by atoms with Gasteiger partial charge in [0.05, 0.1) is 5.69 Å². The van der Waals surface area contributed by atoms with Crippen molar-refractivity contribution in [3.63, 3.8) is 0 Å². The number of nitrogens with zero attached hydrogens (tertiary/aromatic N) is 2. The summed E-state index contributed by atoms with van der Waals surface area (Å²) in [6.07, 6.45) is 1.06. The Morgan fingerprint density at radius 3 is 2.56 bits per heavy atom. The van der Waals surface area contributed by atoms with Gasteiger partial charge in [-0.05, 0) is 28.5 Å². The first-order valence-electron chi connectivity index (χ1n) is 5.90. The molecule has 3 rings (SSSR count). The molecule has 0 amide bonds. The van der Waals surface area contributed by atoms with Crippen molar-refractivity contribution in [3.05, 3.63) is 66.0 Å². The first-order chi connectivity index (χ1) is 8.75. The molecule has 90 valence electrons. The normalized spacial score (nSPS) is 12.8. The summed E-state index contributed by atoms with van der Waals surface area (Å²) in [6.45, 7) is 0. The molecular formula is C15H14N2O. The molecule has 0 aliphatic carbocycles. The molecule has 2 aromatic carbocycles. The van der Waals surface area contributed by atoms with Crippen molar-refractivity contribution in [2.75, 3.05) is 0 Å². The lowest BCUT2D eigenvalue weighted by Gasteiger charge is -2.12. The fourth-order valence-electron chi connectivity index (χ4n) is 2.20. The van der Waals surface area contributed by atoms with Crippen molar-refractivity contribution in [3.8, 4) is 0 Å². The van der Waals surface area contributed by atoms with Crippen LogP contribution in [0.15, 0.2) is 54.7 Å². The monoisotopic (exact) mass is 238 g/mol. The van der Waals surface area contributed by atoms with Gasteiger partial charge in [0.15, 0.2) is 0 Å². The maximum absolute atomic E-state index is 10.4. The number of benzene rings is 2. The molecule has 1 N–H and O–H groups in total. The molecule has 1 aromatic heterocycles. The van der Waals surface area contributed by atoms with E-state index in [1.54, 1.807) is 10.9 Å². The van der Waals surface area contributed by atoms with Crippen LogP contribution >= 0.6 is 0 Å². The predicted molar refractivity (Wildman–Crippen MR) is 71.2 cm³/mol. The topological polar surface area (TPSA) is 38.0 Å². The number of rotatable bonds is 2. The predicted octanol–water partition coefficient (Wildman–Crippen LogP) is 2.66. The second-order valence-electron chi connectivity index (χ2n) is 4.39. The van der Waals surface area contributed by atoms with Crippen LogP contribution in [0, 0.1) is 0 Å². The van der Waals surface area contributed by atoms with E-state index in [2.05, 4.69) is 17.2 Å². The molecule has 0 bridgehead atoms. The average Bonchev–Trinajstić information content (AvgIpc) is 2.83. The van der Waals surface area contributed by atoms with Crippen LogP contribution in [-0.2, 0) is 7.05 Å². The summed E-state index contributed by atoms with van der Waals surface area (Å²) in [5.74, 6) is 0. The largest absolute Gasteiger partial charge is 0.382 e. The van der Waals surface area contributed by atoms with E-state index >= 15 is 0 Å². The second-order valence-corrected chi connectivity index (χ2v) is 4.39. The Balaban J connectivity index is 2.07. The van der Waals surface area contributed by atoms with Crippen molar-refractivity contribution in [2.24, 2.45) is 7.05 Å². The third-order valence-electron chi connectivity index (χ3n) is 3.23. The summed E-state index contributed by atoms with van der Waals surface area (Å²) in [5, 5.41) is 16.8. The number of hydrogen-bond donors (Lipinski definition) is 1. The lowest BCUT2D eigenvalue weighted by Crippen LogP contribution is -2.06. The van der Waals surface area contributed by atoms with Crippen molar-refractivity contribution in [1.29, 1.82) is 0 Å². The second kappa shape index (κ2) is 4.27. The lowest BCUT2D eigenvalue weighted by atomic mass is 10.0. The maximum atomic E-state index is 10.4. The van der Waals surface area contributed by atoms with Crippen LogP contribution in [0.3, 0.4) is 0 Å². The SMILES string of the molecule is Cn1nccc1C(O)c1ccc2ccccc2c1. The molecule has 0 aliphatic heterocycles. The number of aliphatic hydroxyl groups excluding tert-OH is 1. The highest BCUT2D eigenvalue weighted by Crippen LogP contribution is 2.24. The Morgan fingerprint density at radius 1 is 1.06 bits per heavy atom. The van der Waals surface area contributed by atoms with E-state index in [-0.39, 0.29) is 0 Å². The van der Waals surface area contributed by atoms with Gasteiger partial charge in [-0.3, -0.25) is 4.68 Å². The van der Waals surface area contributed by atoms with Crippen molar-refractivity contribution in [1.82, 2.24) is 9.78 Å². The minimum absolute atomic E-state index is 0.637. The van der Waals surface area contributed by atoms with Crippen LogP contribution in [-0.4, -0.2) is 14.9 Å². The lowest BCUT2D eigenvalue weighted by molar-refractivity contribution is 0.210. The molecule has 0 spiro atoms. The van der Waals surface area contributed by atoms with E-state index in [9.17, 15) is 5.11 Å². The van der Waals surface area contributed by atoms with E-state index in [4.69, 9.17) is 0 Å². The van der Waals surface area contributed by atoms with Crippen LogP contribution in [0.1, 0.15) is 17.4 Å². The molecule has 0 fully saturated rings. The zero-order valence-corrected chi connectivity index (χ0v) is 10.1. The van der Waals surface area contributed by atoms with Gasteiger partial charge in [0, 0.05) is 13.2 Å². The van der Waals surface area contributed by atoms with Gasteiger partial charge in [0.1, 0.15) is 6.10 Å². The van der Waals surface area contributed by atoms with E-state index in [0.29, 0.717) is 0 Å². The molecule has 1 unspecified atom stereocenters. The van der Waals surface area contributed by atoms with Crippen LogP contribution in [0.25, 0.3) is 10.8 Å².